The minimum atomic E-state index is -0.115. The quantitative estimate of drug-likeness (QED) is 0.657. The summed E-state index contributed by atoms with van der Waals surface area (Å²) in [4.78, 5) is 11.8. The molecule has 0 heterocycles. The molecule has 0 saturated heterocycles. The maximum absolute atomic E-state index is 11.8. The van der Waals surface area contributed by atoms with Crippen LogP contribution in [0.2, 0.25) is 0 Å². The van der Waals surface area contributed by atoms with Gasteiger partial charge >= 0.3 is 0 Å². The maximum Gasteiger partial charge on any atom is 0.257 e. The molecule has 0 aliphatic carbocycles. The Labute approximate surface area is 151 Å². The van der Waals surface area contributed by atoms with E-state index in [0.717, 1.165) is 23.1 Å². The number of carbonyl (C=O) groups excluding carboxylic acids is 1. The molecule has 4 nitrogen and oxygen atoms in total. The molecule has 1 amide bonds. The Kier molecular flexibility index (Phi) is 7.62. The van der Waals surface area contributed by atoms with Gasteiger partial charge in [-0.2, -0.15) is 0 Å². The Balaban J connectivity index is 1.67. The fourth-order valence-corrected chi connectivity index (χ4v) is 2.51. The van der Waals surface area contributed by atoms with Crippen molar-refractivity contribution < 1.29 is 14.3 Å². The molecule has 128 valence electrons. The van der Waals surface area contributed by atoms with Crippen molar-refractivity contribution in [3.05, 3.63) is 58.6 Å². The van der Waals surface area contributed by atoms with Gasteiger partial charge in [0.2, 0.25) is 0 Å². The molecule has 0 saturated carbocycles. The highest BCUT2D eigenvalue weighted by Gasteiger charge is 2.04. The van der Waals surface area contributed by atoms with E-state index >= 15 is 0 Å². The van der Waals surface area contributed by atoms with Crippen molar-refractivity contribution >= 4 is 21.8 Å². The molecule has 2 aromatic rings. The Hall–Kier alpha value is -2.01. The number of ether oxygens (including phenoxy) is 2. The summed E-state index contributed by atoms with van der Waals surface area (Å²) in [6, 6.07) is 15.4. The van der Waals surface area contributed by atoms with Crippen LogP contribution in [0.25, 0.3) is 0 Å². The Morgan fingerprint density at radius 2 is 1.83 bits per heavy atom. The zero-order valence-electron chi connectivity index (χ0n) is 13.8. The monoisotopic (exact) mass is 391 g/mol. The van der Waals surface area contributed by atoms with E-state index in [1.807, 2.05) is 49.4 Å². The van der Waals surface area contributed by atoms with Crippen LogP contribution in [-0.4, -0.2) is 25.7 Å². The number of hydrogen-bond acceptors (Lipinski definition) is 3. The summed E-state index contributed by atoms with van der Waals surface area (Å²) in [5.74, 6) is 1.49. The first-order valence-corrected chi connectivity index (χ1v) is 8.84. The number of carbonyl (C=O) groups is 1. The first-order chi connectivity index (χ1) is 11.7. The summed E-state index contributed by atoms with van der Waals surface area (Å²) in [7, 11) is 0. The lowest BCUT2D eigenvalue weighted by Gasteiger charge is -2.10. The molecule has 2 rings (SSSR count). The highest BCUT2D eigenvalue weighted by atomic mass is 79.9. The highest BCUT2D eigenvalue weighted by Crippen LogP contribution is 2.19. The molecule has 1 N–H and O–H groups in total. The average molecular weight is 392 g/mol. The van der Waals surface area contributed by atoms with Gasteiger partial charge in [0.25, 0.3) is 5.91 Å². The molecule has 0 aliphatic heterocycles. The lowest BCUT2D eigenvalue weighted by Crippen LogP contribution is -2.29. The fraction of sp³-hybridized carbons (Fsp3) is 0.316. The van der Waals surface area contributed by atoms with Gasteiger partial charge < -0.3 is 14.8 Å². The molecule has 2 aromatic carbocycles. The zero-order valence-corrected chi connectivity index (χ0v) is 15.3. The van der Waals surface area contributed by atoms with Gasteiger partial charge in [-0.3, -0.25) is 4.79 Å². The van der Waals surface area contributed by atoms with Gasteiger partial charge in [0.15, 0.2) is 6.61 Å². The van der Waals surface area contributed by atoms with Crippen LogP contribution in [0.3, 0.4) is 0 Å². The molecule has 0 atom stereocenters. The van der Waals surface area contributed by atoms with Crippen LogP contribution in [0, 0.1) is 0 Å². The maximum atomic E-state index is 11.8. The number of hydrogen-bond donors (Lipinski definition) is 1. The topological polar surface area (TPSA) is 47.6 Å². The molecule has 0 radical (unpaired) electrons. The first-order valence-electron chi connectivity index (χ1n) is 8.05. The SMILES string of the molecule is CCOc1ccccc1CCCNC(=O)COc1ccc(Br)cc1. The first kappa shape index (κ1) is 18.3. The molecule has 0 unspecified atom stereocenters. The van der Waals surface area contributed by atoms with Gasteiger partial charge in [-0.25, -0.2) is 0 Å². The number of amides is 1. The van der Waals surface area contributed by atoms with Crippen LogP contribution in [0.1, 0.15) is 18.9 Å². The van der Waals surface area contributed by atoms with Gasteiger partial charge in [0.1, 0.15) is 11.5 Å². The zero-order chi connectivity index (χ0) is 17.2. The van der Waals surface area contributed by atoms with E-state index in [0.29, 0.717) is 18.9 Å². The van der Waals surface area contributed by atoms with Gasteiger partial charge in [-0.15, -0.1) is 0 Å². The molecule has 0 fully saturated rings. The minimum Gasteiger partial charge on any atom is -0.494 e. The van der Waals surface area contributed by atoms with Gasteiger partial charge in [-0.05, 0) is 55.7 Å². The van der Waals surface area contributed by atoms with Crippen molar-refractivity contribution in [1.82, 2.24) is 5.32 Å². The number of nitrogens with one attached hydrogen (secondary N) is 1. The van der Waals surface area contributed by atoms with Crippen molar-refractivity contribution in [2.75, 3.05) is 19.8 Å². The smallest absolute Gasteiger partial charge is 0.257 e. The van der Waals surface area contributed by atoms with Crippen LogP contribution < -0.4 is 14.8 Å². The third-order valence-electron chi connectivity index (χ3n) is 3.40. The van der Waals surface area contributed by atoms with E-state index in [2.05, 4.69) is 27.3 Å². The van der Waals surface area contributed by atoms with Crippen LogP contribution in [0.15, 0.2) is 53.0 Å². The largest absolute Gasteiger partial charge is 0.494 e. The molecule has 5 heteroatoms. The standard InChI is InChI=1S/C19H22BrNO3/c1-2-23-18-8-4-3-6-15(18)7-5-13-21-19(22)14-24-17-11-9-16(20)10-12-17/h3-4,6,8-12H,2,5,7,13-14H2,1H3,(H,21,22). The number of rotatable bonds is 9. The molecular formula is C19H22BrNO3. The van der Waals surface area contributed by atoms with E-state index in [4.69, 9.17) is 9.47 Å². The average Bonchev–Trinajstić information content (AvgIpc) is 2.60. The van der Waals surface area contributed by atoms with Gasteiger partial charge in [0, 0.05) is 11.0 Å². The molecular weight excluding hydrogens is 370 g/mol. The normalized spacial score (nSPS) is 10.2. The summed E-state index contributed by atoms with van der Waals surface area (Å²) < 4.78 is 12.0. The number of benzene rings is 2. The summed E-state index contributed by atoms with van der Waals surface area (Å²) in [6.45, 7) is 3.27. The van der Waals surface area contributed by atoms with E-state index in [1.165, 1.54) is 5.56 Å². The lowest BCUT2D eigenvalue weighted by molar-refractivity contribution is -0.123. The van der Waals surface area contributed by atoms with E-state index in [1.54, 1.807) is 0 Å². The number of aryl methyl sites for hydroxylation is 1. The third-order valence-corrected chi connectivity index (χ3v) is 3.93. The van der Waals surface area contributed by atoms with E-state index in [9.17, 15) is 4.79 Å². The van der Waals surface area contributed by atoms with Crippen LogP contribution >= 0.6 is 15.9 Å². The number of para-hydroxylation sites is 1. The summed E-state index contributed by atoms with van der Waals surface area (Å²) in [5, 5.41) is 2.87. The van der Waals surface area contributed by atoms with Crippen LogP contribution in [0.5, 0.6) is 11.5 Å². The van der Waals surface area contributed by atoms with Gasteiger partial charge in [0.05, 0.1) is 6.61 Å². The summed E-state index contributed by atoms with van der Waals surface area (Å²) in [5.41, 5.74) is 1.17. The highest BCUT2D eigenvalue weighted by molar-refractivity contribution is 9.10. The van der Waals surface area contributed by atoms with Crippen molar-refractivity contribution in [3.63, 3.8) is 0 Å². The van der Waals surface area contributed by atoms with Crippen molar-refractivity contribution in [1.29, 1.82) is 0 Å². The van der Waals surface area contributed by atoms with Crippen LogP contribution in [0.4, 0.5) is 0 Å². The molecule has 0 bridgehead atoms. The molecule has 0 aliphatic rings. The second-order valence-electron chi connectivity index (χ2n) is 5.24. The Morgan fingerprint density at radius 3 is 2.58 bits per heavy atom. The number of halogens is 1. The Morgan fingerprint density at radius 1 is 1.08 bits per heavy atom. The summed E-state index contributed by atoms with van der Waals surface area (Å²) >= 11 is 3.36. The second kappa shape index (κ2) is 9.98. The lowest BCUT2D eigenvalue weighted by atomic mass is 10.1. The van der Waals surface area contributed by atoms with E-state index < -0.39 is 0 Å². The predicted octanol–water partition coefficient (Wildman–Crippen LogP) is 3.98. The second-order valence-corrected chi connectivity index (χ2v) is 6.15. The summed E-state index contributed by atoms with van der Waals surface area (Å²) in [6.07, 6.45) is 1.72. The van der Waals surface area contributed by atoms with Crippen molar-refractivity contribution in [3.8, 4) is 11.5 Å². The molecule has 24 heavy (non-hydrogen) atoms. The minimum absolute atomic E-state index is 0.0250. The van der Waals surface area contributed by atoms with Crippen LogP contribution in [-0.2, 0) is 11.2 Å². The van der Waals surface area contributed by atoms with Crippen molar-refractivity contribution in [2.24, 2.45) is 0 Å². The molecule has 0 spiro atoms. The third kappa shape index (κ3) is 6.24. The van der Waals surface area contributed by atoms with E-state index in [-0.39, 0.29) is 12.5 Å². The fourth-order valence-electron chi connectivity index (χ4n) is 2.24. The van der Waals surface area contributed by atoms with Gasteiger partial charge in [-0.1, -0.05) is 34.1 Å². The van der Waals surface area contributed by atoms with Crippen molar-refractivity contribution in [2.45, 2.75) is 19.8 Å². The predicted molar refractivity (Wildman–Crippen MR) is 98.6 cm³/mol. The Bertz CT molecular complexity index is 643. The molecule has 0 aromatic heterocycles.